The van der Waals surface area contributed by atoms with Crippen molar-refractivity contribution in [3.63, 3.8) is 0 Å². The summed E-state index contributed by atoms with van der Waals surface area (Å²) in [5.41, 5.74) is 0.875. The second-order valence-electron chi connectivity index (χ2n) is 3.48. The zero-order chi connectivity index (χ0) is 12.4. The third kappa shape index (κ3) is 3.26. The molecule has 0 saturated heterocycles. The predicted octanol–water partition coefficient (Wildman–Crippen LogP) is 4.85. The molecule has 0 unspecified atom stereocenters. The number of rotatable bonds is 2. The van der Waals surface area contributed by atoms with E-state index < -0.39 is 0 Å². The highest BCUT2D eigenvalue weighted by Crippen LogP contribution is 2.27. The van der Waals surface area contributed by atoms with Crippen LogP contribution in [0.5, 0.6) is 11.6 Å². The highest BCUT2D eigenvalue weighted by atomic mass is 79.9. The van der Waals surface area contributed by atoms with E-state index in [1.165, 1.54) is 12.1 Å². The highest BCUT2D eigenvalue weighted by Gasteiger charge is 2.06. The quantitative estimate of drug-likeness (QED) is 0.763. The minimum absolute atomic E-state index is 0.357. The molecule has 1 aromatic carbocycles. The van der Waals surface area contributed by atoms with Crippen molar-refractivity contribution in [3.05, 3.63) is 50.8 Å². The van der Waals surface area contributed by atoms with Gasteiger partial charge in [0.1, 0.15) is 11.6 Å². The molecular formula is C12H8Br2FNO. The molecule has 0 spiro atoms. The van der Waals surface area contributed by atoms with Gasteiger partial charge in [0, 0.05) is 26.8 Å². The van der Waals surface area contributed by atoms with E-state index in [0.29, 0.717) is 16.1 Å². The number of nitrogens with zero attached hydrogens (tertiary/aromatic N) is 1. The van der Waals surface area contributed by atoms with Gasteiger partial charge in [0.25, 0.3) is 0 Å². The Hall–Kier alpha value is -0.940. The maximum atomic E-state index is 13.2. The van der Waals surface area contributed by atoms with Gasteiger partial charge in [-0.05, 0) is 41.1 Å². The summed E-state index contributed by atoms with van der Waals surface area (Å²) in [6.07, 6.45) is 1.64. The number of benzene rings is 1. The summed E-state index contributed by atoms with van der Waals surface area (Å²) < 4.78 is 20.2. The van der Waals surface area contributed by atoms with Crippen LogP contribution < -0.4 is 4.74 Å². The van der Waals surface area contributed by atoms with E-state index in [1.807, 2.05) is 13.0 Å². The molecule has 0 aliphatic rings. The van der Waals surface area contributed by atoms with E-state index in [2.05, 4.69) is 36.8 Å². The van der Waals surface area contributed by atoms with Crippen molar-refractivity contribution in [2.75, 3.05) is 0 Å². The number of ether oxygens (including phenoxy) is 1. The fourth-order valence-electron chi connectivity index (χ4n) is 1.33. The molecule has 0 bridgehead atoms. The first-order valence-electron chi connectivity index (χ1n) is 4.81. The van der Waals surface area contributed by atoms with Crippen LogP contribution in [0.15, 0.2) is 39.4 Å². The topological polar surface area (TPSA) is 22.1 Å². The van der Waals surface area contributed by atoms with Gasteiger partial charge in [-0.15, -0.1) is 0 Å². The molecule has 0 N–H and O–H groups in total. The average molecular weight is 361 g/mol. The zero-order valence-corrected chi connectivity index (χ0v) is 12.0. The third-order valence-corrected chi connectivity index (χ3v) is 2.94. The molecule has 2 rings (SSSR count). The minimum Gasteiger partial charge on any atom is -0.439 e. The van der Waals surface area contributed by atoms with Crippen LogP contribution in [0.4, 0.5) is 4.39 Å². The lowest BCUT2D eigenvalue weighted by Crippen LogP contribution is -1.91. The Balaban J connectivity index is 2.31. The van der Waals surface area contributed by atoms with Crippen molar-refractivity contribution < 1.29 is 9.13 Å². The summed E-state index contributed by atoms with van der Waals surface area (Å²) in [5, 5.41) is 0. The molecule has 17 heavy (non-hydrogen) atoms. The van der Waals surface area contributed by atoms with E-state index in [0.717, 1.165) is 10.0 Å². The van der Waals surface area contributed by atoms with Gasteiger partial charge in [0.05, 0.1) is 0 Å². The van der Waals surface area contributed by atoms with E-state index in [9.17, 15) is 4.39 Å². The molecule has 0 saturated carbocycles. The van der Waals surface area contributed by atoms with Crippen molar-refractivity contribution in [2.24, 2.45) is 0 Å². The van der Waals surface area contributed by atoms with Crippen molar-refractivity contribution in [3.8, 4) is 11.6 Å². The Morgan fingerprint density at radius 1 is 1.12 bits per heavy atom. The highest BCUT2D eigenvalue weighted by molar-refractivity contribution is 9.10. The lowest BCUT2D eigenvalue weighted by molar-refractivity contribution is 0.453. The molecule has 2 aromatic rings. The van der Waals surface area contributed by atoms with Gasteiger partial charge >= 0.3 is 0 Å². The summed E-state index contributed by atoms with van der Waals surface area (Å²) in [7, 11) is 0. The Bertz CT molecular complexity index is 540. The smallest absolute Gasteiger partial charge is 0.222 e. The maximum Gasteiger partial charge on any atom is 0.222 e. The SMILES string of the molecule is Cc1cc(Br)cnc1Oc1cc(F)cc(Br)c1. The number of hydrogen-bond donors (Lipinski definition) is 0. The summed E-state index contributed by atoms with van der Waals surface area (Å²) >= 11 is 6.53. The molecule has 1 heterocycles. The Labute approximate surface area is 115 Å². The van der Waals surface area contributed by atoms with Crippen molar-refractivity contribution in [1.82, 2.24) is 4.98 Å². The Kier molecular flexibility index (Phi) is 3.79. The molecule has 0 aliphatic heterocycles. The Morgan fingerprint density at radius 3 is 2.53 bits per heavy atom. The first kappa shape index (κ1) is 12.5. The number of aromatic nitrogens is 1. The number of pyridine rings is 1. The summed E-state index contributed by atoms with van der Waals surface area (Å²) in [6, 6.07) is 6.26. The van der Waals surface area contributed by atoms with Gasteiger partial charge in [-0.25, -0.2) is 9.37 Å². The normalized spacial score (nSPS) is 10.4. The van der Waals surface area contributed by atoms with Gasteiger partial charge in [0.15, 0.2) is 0 Å². The lowest BCUT2D eigenvalue weighted by Gasteiger charge is -2.08. The Morgan fingerprint density at radius 2 is 1.88 bits per heavy atom. The molecule has 0 radical (unpaired) electrons. The van der Waals surface area contributed by atoms with Crippen molar-refractivity contribution >= 4 is 31.9 Å². The molecule has 0 atom stereocenters. The molecule has 2 nitrogen and oxygen atoms in total. The van der Waals surface area contributed by atoms with Crippen LogP contribution in [0.1, 0.15) is 5.56 Å². The van der Waals surface area contributed by atoms with Crippen LogP contribution in [-0.4, -0.2) is 4.98 Å². The largest absolute Gasteiger partial charge is 0.439 e. The zero-order valence-electron chi connectivity index (χ0n) is 8.88. The maximum absolute atomic E-state index is 13.2. The van der Waals surface area contributed by atoms with Gasteiger partial charge in [-0.3, -0.25) is 0 Å². The lowest BCUT2D eigenvalue weighted by atomic mass is 10.3. The monoisotopic (exact) mass is 359 g/mol. The third-order valence-electron chi connectivity index (χ3n) is 2.05. The molecule has 88 valence electrons. The first-order valence-corrected chi connectivity index (χ1v) is 6.39. The molecule has 1 aromatic heterocycles. The first-order chi connectivity index (χ1) is 8.04. The summed E-state index contributed by atoms with van der Waals surface area (Å²) in [5.74, 6) is 0.518. The predicted molar refractivity (Wildman–Crippen MR) is 70.8 cm³/mol. The van der Waals surface area contributed by atoms with E-state index >= 15 is 0 Å². The molecule has 5 heteroatoms. The molecular weight excluding hydrogens is 353 g/mol. The summed E-state index contributed by atoms with van der Waals surface area (Å²) in [4.78, 5) is 4.13. The number of aryl methyl sites for hydroxylation is 1. The molecule has 0 fully saturated rings. The van der Waals surface area contributed by atoms with Gasteiger partial charge in [-0.2, -0.15) is 0 Å². The van der Waals surface area contributed by atoms with Crippen LogP contribution >= 0.6 is 31.9 Å². The van der Waals surface area contributed by atoms with Crippen LogP contribution in [0, 0.1) is 12.7 Å². The summed E-state index contributed by atoms with van der Waals surface area (Å²) in [6.45, 7) is 1.88. The molecule has 0 aliphatic carbocycles. The van der Waals surface area contributed by atoms with Crippen LogP contribution in [-0.2, 0) is 0 Å². The fraction of sp³-hybridized carbons (Fsp3) is 0.0833. The van der Waals surface area contributed by atoms with Gasteiger partial charge in [0.2, 0.25) is 5.88 Å². The van der Waals surface area contributed by atoms with Crippen LogP contribution in [0.25, 0.3) is 0 Å². The number of halogens is 3. The van der Waals surface area contributed by atoms with Crippen LogP contribution in [0.2, 0.25) is 0 Å². The minimum atomic E-state index is -0.357. The van der Waals surface area contributed by atoms with Crippen molar-refractivity contribution in [2.45, 2.75) is 6.92 Å². The average Bonchev–Trinajstić information content (AvgIpc) is 2.21. The van der Waals surface area contributed by atoms with E-state index in [4.69, 9.17) is 4.74 Å². The van der Waals surface area contributed by atoms with Crippen LogP contribution in [0.3, 0.4) is 0 Å². The van der Waals surface area contributed by atoms with E-state index in [-0.39, 0.29) is 5.82 Å². The standard InChI is InChI=1S/C12H8Br2FNO/c1-7-2-9(14)6-16-12(7)17-11-4-8(13)3-10(15)5-11/h2-6H,1H3. The van der Waals surface area contributed by atoms with E-state index in [1.54, 1.807) is 12.3 Å². The van der Waals surface area contributed by atoms with Crippen molar-refractivity contribution in [1.29, 1.82) is 0 Å². The number of hydrogen-bond acceptors (Lipinski definition) is 2. The fourth-order valence-corrected chi connectivity index (χ4v) is 2.22. The second kappa shape index (κ2) is 5.14. The second-order valence-corrected chi connectivity index (χ2v) is 5.31. The van der Waals surface area contributed by atoms with Gasteiger partial charge < -0.3 is 4.74 Å². The molecule has 0 amide bonds. The van der Waals surface area contributed by atoms with Gasteiger partial charge in [-0.1, -0.05) is 15.9 Å².